The highest BCUT2D eigenvalue weighted by molar-refractivity contribution is 5.19. The Hall–Kier alpha value is -1.79. The van der Waals surface area contributed by atoms with Crippen LogP contribution >= 0.6 is 0 Å². The number of hydrogen-bond acceptors (Lipinski definition) is 1. The molecule has 0 rings (SSSR count). The highest BCUT2D eigenvalue weighted by Gasteiger charge is 2.99. The fourth-order valence-corrected chi connectivity index (χ4v) is 3.31. The molecule has 0 atom stereocenters. The van der Waals surface area contributed by atoms with Gasteiger partial charge in [0.15, 0.2) is 0 Å². The van der Waals surface area contributed by atoms with Crippen LogP contribution in [0.1, 0.15) is 44.9 Å². The van der Waals surface area contributed by atoms with E-state index in [-0.39, 0.29) is 32.3 Å². The summed E-state index contributed by atoms with van der Waals surface area (Å²) in [7, 11) is 0. The molecule has 0 radical (unpaired) electrons. The topological polar surface area (TPSA) is 20.2 Å². The van der Waals surface area contributed by atoms with Crippen molar-refractivity contribution in [1.29, 1.82) is 0 Å². The summed E-state index contributed by atoms with van der Waals surface area (Å²) in [6.45, 7) is -0.385. The summed E-state index contributed by atoms with van der Waals surface area (Å²) in [5, 5.41) is 8.50. The summed E-state index contributed by atoms with van der Waals surface area (Å²) in [6, 6.07) is 0. The van der Waals surface area contributed by atoms with E-state index >= 15 is 0 Å². The minimum atomic E-state index is -9.58. The number of rotatable bonds is 18. The molecule has 0 amide bonds. The van der Waals surface area contributed by atoms with E-state index in [1.807, 2.05) is 0 Å². The Balaban J connectivity index is 6.83. The molecule has 0 aliphatic carbocycles. The van der Waals surface area contributed by atoms with Crippen LogP contribution in [0, 0.1) is 0 Å². The molecular weight excluding hydrogens is 731 g/mol. The molecule has 0 fully saturated rings. The van der Waals surface area contributed by atoms with Crippen molar-refractivity contribution in [2.24, 2.45) is 0 Å². The lowest BCUT2D eigenvalue weighted by Crippen LogP contribution is -2.78. The van der Waals surface area contributed by atoms with Gasteiger partial charge in [-0.25, -0.2) is 0 Å². The summed E-state index contributed by atoms with van der Waals surface area (Å²) in [4.78, 5) is 0. The Morgan fingerprint density at radius 3 is 0.739 bits per heavy atom. The van der Waals surface area contributed by atoms with Crippen LogP contribution in [0.15, 0.2) is 0 Å². The third kappa shape index (κ3) is 6.24. The number of unbranched alkanes of at least 4 members (excludes halogenated alkanes) is 5. The van der Waals surface area contributed by atoms with Gasteiger partial charge in [-0.15, -0.1) is 0 Å². The Kier molecular flexibility index (Phi) is 12.1. The van der Waals surface area contributed by atoms with Gasteiger partial charge in [-0.3, -0.25) is 0 Å². The Bertz CT molecular complexity index is 1010. The molecule has 0 bridgehead atoms. The molecule has 0 aromatic rings. The van der Waals surface area contributed by atoms with Crippen LogP contribution in [-0.2, 0) is 0 Å². The Morgan fingerprint density at radius 2 is 0.478 bits per heavy atom. The number of aliphatic hydroxyl groups excluding tert-OH is 1. The van der Waals surface area contributed by atoms with Crippen LogP contribution in [0.25, 0.3) is 0 Å². The van der Waals surface area contributed by atoms with Crippen molar-refractivity contribution in [3.8, 4) is 0 Å². The molecule has 0 aliphatic heterocycles. The Labute approximate surface area is 239 Å². The molecule has 0 aromatic heterocycles. The van der Waals surface area contributed by atoms with Gasteiger partial charge in [0.2, 0.25) is 0 Å². The van der Waals surface area contributed by atoms with E-state index in [9.17, 15) is 110 Å². The summed E-state index contributed by atoms with van der Waals surface area (Å²) in [5.74, 6) is -97.8. The third-order valence-electron chi connectivity index (χ3n) is 6.26. The third-order valence-corrected chi connectivity index (χ3v) is 6.26. The Morgan fingerprint density at radius 1 is 0.261 bits per heavy atom. The van der Waals surface area contributed by atoms with Crippen LogP contribution in [0.3, 0.4) is 0 Å². The minimum Gasteiger partial charge on any atom is -0.396 e. The van der Waals surface area contributed by atoms with Gasteiger partial charge in [0.1, 0.15) is 0 Å². The highest BCUT2D eigenvalue weighted by atomic mass is 19.4. The first-order chi connectivity index (χ1) is 19.8. The molecular formula is C20H17F25O. The largest absolute Gasteiger partial charge is 0.460 e. The summed E-state index contributed by atoms with van der Waals surface area (Å²) >= 11 is 0. The molecule has 278 valence electrons. The van der Waals surface area contributed by atoms with Gasteiger partial charge in [-0.05, 0) is 12.8 Å². The van der Waals surface area contributed by atoms with E-state index in [1.54, 1.807) is 0 Å². The predicted molar refractivity (Wildman–Crippen MR) is 99.9 cm³/mol. The maximum Gasteiger partial charge on any atom is 0.460 e. The fourth-order valence-electron chi connectivity index (χ4n) is 3.31. The van der Waals surface area contributed by atoms with Crippen LogP contribution in [0.4, 0.5) is 110 Å². The predicted octanol–water partition coefficient (Wildman–Crippen LogP) is 10.3. The molecule has 0 heterocycles. The first-order valence-electron chi connectivity index (χ1n) is 11.6. The maximum atomic E-state index is 13.9. The zero-order valence-electron chi connectivity index (χ0n) is 21.6. The molecule has 1 nitrogen and oxygen atoms in total. The molecule has 26 heteroatoms. The average Bonchev–Trinajstić information content (AvgIpc) is 2.86. The highest BCUT2D eigenvalue weighted by Crippen LogP contribution is 2.67. The van der Waals surface area contributed by atoms with Crippen LogP contribution in [-0.4, -0.2) is 83.0 Å². The van der Waals surface area contributed by atoms with Crippen LogP contribution in [0.2, 0.25) is 0 Å². The smallest absolute Gasteiger partial charge is 0.396 e. The van der Waals surface area contributed by atoms with E-state index in [4.69, 9.17) is 5.11 Å². The second-order valence-corrected chi connectivity index (χ2v) is 9.54. The molecule has 0 unspecified atom stereocenters. The minimum absolute atomic E-state index is 0.0374. The SMILES string of the molecule is OCCCCCCCCC(F)(F)C(F)(F)C(F)(F)C(F)(F)C(F)(F)C(F)(F)C(F)(F)C(F)(F)C(F)(F)C(F)(F)C(F)(F)C(F)(F)F. The lowest BCUT2D eigenvalue weighted by Gasteiger charge is -2.45. The van der Waals surface area contributed by atoms with Crippen molar-refractivity contribution < 1.29 is 115 Å². The fraction of sp³-hybridized carbons (Fsp3) is 1.00. The van der Waals surface area contributed by atoms with Gasteiger partial charge in [0.05, 0.1) is 0 Å². The summed E-state index contributed by atoms with van der Waals surface area (Å²) in [5.41, 5.74) is 0. The van der Waals surface area contributed by atoms with Gasteiger partial charge in [-0.1, -0.05) is 25.7 Å². The normalized spacial score (nSPS) is 16.3. The molecule has 0 saturated heterocycles. The van der Waals surface area contributed by atoms with Gasteiger partial charge in [0.25, 0.3) is 0 Å². The van der Waals surface area contributed by atoms with Crippen molar-refractivity contribution in [1.82, 2.24) is 0 Å². The summed E-state index contributed by atoms with van der Waals surface area (Å²) in [6.07, 6.45) is -12.8. The summed E-state index contributed by atoms with van der Waals surface area (Å²) < 4.78 is 335. The van der Waals surface area contributed by atoms with Crippen molar-refractivity contribution in [2.75, 3.05) is 6.61 Å². The van der Waals surface area contributed by atoms with E-state index in [0.29, 0.717) is 0 Å². The lowest BCUT2D eigenvalue weighted by molar-refractivity contribution is -0.482. The molecule has 0 aliphatic rings. The molecule has 1 N–H and O–H groups in total. The van der Waals surface area contributed by atoms with Crippen molar-refractivity contribution in [3.63, 3.8) is 0 Å². The second kappa shape index (κ2) is 12.6. The lowest BCUT2D eigenvalue weighted by atomic mass is 9.84. The average molecular weight is 748 g/mol. The van der Waals surface area contributed by atoms with E-state index in [2.05, 4.69) is 0 Å². The zero-order valence-corrected chi connectivity index (χ0v) is 21.6. The van der Waals surface area contributed by atoms with Crippen molar-refractivity contribution in [3.05, 3.63) is 0 Å². The zero-order chi connectivity index (χ0) is 37.7. The van der Waals surface area contributed by atoms with Gasteiger partial charge >= 0.3 is 71.3 Å². The van der Waals surface area contributed by atoms with Gasteiger partial charge < -0.3 is 5.11 Å². The van der Waals surface area contributed by atoms with Gasteiger partial charge in [0, 0.05) is 13.0 Å². The first kappa shape index (κ1) is 44.2. The molecule has 0 saturated carbocycles. The molecule has 0 spiro atoms. The second-order valence-electron chi connectivity index (χ2n) is 9.54. The van der Waals surface area contributed by atoms with Crippen molar-refractivity contribution in [2.45, 2.75) is 116 Å². The molecule has 0 aromatic carbocycles. The van der Waals surface area contributed by atoms with Crippen LogP contribution < -0.4 is 0 Å². The number of alkyl halides is 25. The van der Waals surface area contributed by atoms with E-state index in [1.165, 1.54) is 0 Å². The monoisotopic (exact) mass is 748 g/mol. The van der Waals surface area contributed by atoms with Crippen molar-refractivity contribution >= 4 is 0 Å². The number of aliphatic hydroxyl groups is 1. The number of hydrogen-bond donors (Lipinski definition) is 1. The van der Waals surface area contributed by atoms with E-state index in [0.717, 1.165) is 0 Å². The molecule has 46 heavy (non-hydrogen) atoms. The maximum absolute atomic E-state index is 13.9. The van der Waals surface area contributed by atoms with E-state index < -0.39 is 90.6 Å². The first-order valence-corrected chi connectivity index (χ1v) is 11.6. The quantitative estimate of drug-likeness (QED) is 0.109. The van der Waals surface area contributed by atoms with Crippen LogP contribution in [0.5, 0.6) is 0 Å². The standard InChI is InChI=1S/C20H17F25O/c21-9(22,7-5-3-1-2-4-6-8-46)10(23,24)11(25,26)12(27,28)13(29,30)14(31,32)15(33,34)16(35,36)17(37,38)18(39,40)19(41,42)20(43,44)45/h46H,1-8H2. The number of halogens is 25. The van der Waals surface area contributed by atoms with Gasteiger partial charge in [-0.2, -0.15) is 110 Å².